The Bertz CT molecular complexity index is 555. The third-order valence-electron chi connectivity index (χ3n) is 3.69. The Labute approximate surface area is 119 Å². The second-order valence-corrected chi connectivity index (χ2v) is 7.32. The van der Waals surface area contributed by atoms with Crippen molar-refractivity contribution < 1.29 is 13.2 Å². The second kappa shape index (κ2) is 5.92. The quantitative estimate of drug-likeness (QED) is 0.848. The van der Waals surface area contributed by atoms with Gasteiger partial charge in [0.15, 0.2) is 0 Å². The van der Waals surface area contributed by atoms with Gasteiger partial charge in [-0.3, -0.25) is 9.89 Å². The summed E-state index contributed by atoms with van der Waals surface area (Å²) in [7, 11) is -1.90. The summed E-state index contributed by atoms with van der Waals surface area (Å²) in [5.41, 5.74) is 1.10. The molecule has 1 aliphatic heterocycles. The summed E-state index contributed by atoms with van der Waals surface area (Å²) in [5.74, 6) is 0.126. The lowest BCUT2D eigenvalue weighted by molar-refractivity contribution is -0.132. The van der Waals surface area contributed by atoms with Crippen LogP contribution in [-0.4, -0.2) is 66.7 Å². The minimum absolute atomic E-state index is 0.100. The number of sulfonamides is 1. The zero-order valence-electron chi connectivity index (χ0n) is 11.7. The molecule has 0 saturated carbocycles. The zero-order valence-corrected chi connectivity index (χ0v) is 12.6. The molecule has 2 rings (SSSR count). The summed E-state index contributed by atoms with van der Waals surface area (Å²) in [4.78, 5) is 13.9. The van der Waals surface area contributed by atoms with E-state index in [0.29, 0.717) is 13.1 Å². The number of nitrogens with one attached hydrogen (secondary N) is 1. The van der Waals surface area contributed by atoms with Gasteiger partial charge in [0, 0.05) is 32.3 Å². The first kappa shape index (κ1) is 15.0. The van der Waals surface area contributed by atoms with Crippen molar-refractivity contribution in [3.8, 4) is 0 Å². The smallest absolute Gasteiger partial charge is 0.237 e. The predicted molar refractivity (Wildman–Crippen MR) is 74.6 cm³/mol. The number of amides is 1. The Morgan fingerprint density at radius 2 is 2.35 bits per heavy atom. The molecule has 1 N–H and O–H groups in total. The molecule has 20 heavy (non-hydrogen) atoms. The van der Waals surface area contributed by atoms with Crippen LogP contribution in [0.25, 0.3) is 0 Å². The largest absolute Gasteiger partial charge is 0.341 e. The molecule has 1 aliphatic rings. The molecule has 1 amide bonds. The van der Waals surface area contributed by atoms with Gasteiger partial charge < -0.3 is 4.90 Å². The van der Waals surface area contributed by atoms with Crippen LogP contribution in [0.3, 0.4) is 0 Å². The summed E-state index contributed by atoms with van der Waals surface area (Å²) >= 11 is 0. The highest BCUT2D eigenvalue weighted by Crippen LogP contribution is 2.26. The number of carbonyl (C=O) groups is 1. The zero-order chi connectivity index (χ0) is 14.8. The van der Waals surface area contributed by atoms with E-state index >= 15 is 0 Å². The van der Waals surface area contributed by atoms with Gasteiger partial charge in [-0.05, 0) is 18.4 Å². The van der Waals surface area contributed by atoms with E-state index in [0.717, 1.165) is 29.0 Å². The topological polar surface area (TPSA) is 86.4 Å². The van der Waals surface area contributed by atoms with Crippen molar-refractivity contribution in [2.24, 2.45) is 0 Å². The van der Waals surface area contributed by atoms with Crippen molar-refractivity contribution in [3.05, 3.63) is 18.0 Å². The molecule has 0 spiro atoms. The molecule has 1 aromatic rings. The molecule has 8 heteroatoms. The van der Waals surface area contributed by atoms with Gasteiger partial charge in [0.2, 0.25) is 15.9 Å². The van der Waals surface area contributed by atoms with E-state index < -0.39 is 10.0 Å². The average molecular weight is 300 g/mol. The molecule has 1 fully saturated rings. The monoisotopic (exact) mass is 300 g/mol. The average Bonchev–Trinajstić information content (AvgIpc) is 2.91. The summed E-state index contributed by atoms with van der Waals surface area (Å²) in [6, 6.07) is 0. The van der Waals surface area contributed by atoms with Gasteiger partial charge in [-0.25, -0.2) is 8.42 Å². The second-order valence-electron chi connectivity index (χ2n) is 5.23. The van der Waals surface area contributed by atoms with Crippen LogP contribution in [0.5, 0.6) is 0 Å². The normalized spacial score (nSPS) is 20.4. The molecule has 0 bridgehead atoms. The number of likely N-dealkylation sites (N-methyl/N-ethyl adjacent to an activating group) is 1. The molecule has 0 unspecified atom stereocenters. The van der Waals surface area contributed by atoms with Crippen LogP contribution < -0.4 is 0 Å². The number of carbonyl (C=O) groups excluding carboxylic acids is 1. The van der Waals surface area contributed by atoms with Crippen molar-refractivity contribution >= 4 is 15.9 Å². The predicted octanol–water partition coefficient (Wildman–Crippen LogP) is 0.00710. The molecule has 1 atom stereocenters. The van der Waals surface area contributed by atoms with Crippen LogP contribution in [0.2, 0.25) is 0 Å². The maximum absolute atomic E-state index is 12.2. The third kappa shape index (κ3) is 3.57. The van der Waals surface area contributed by atoms with Crippen molar-refractivity contribution in [2.75, 3.05) is 32.9 Å². The van der Waals surface area contributed by atoms with E-state index in [1.165, 1.54) is 7.05 Å². The Morgan fingerprint density at radius 3 is 2.95 bits per heavy atom. The van der Waals surface area contributed by atoms with Crippen LogP contribution in [0.15, 0.2) is 12.4 Å². The van der Waals surface area contributed by atoms with Crippen molar-refractivity contribution in [1.82, 2.24) is 19.4 Å². The van der Waals surface area contributed by atoms with Crippen molar-refractivity contribution in [1.29, 1.82) is 0 Å². The summed E-state index contributed by atoms with van der Waals surface area (Å²) in [6.07, 6.45) is 6.67. The number of aromatic amines is 1. The molecular formula is C12H20N4O3S. The Hall–Kier alpha value is -1.41. The molecule has 0 aromatic carbocycles. The number of nitrogens with zero attached hydrogens (tertiary/aromatic N) is 3. The summed E-state index contributed by atoms with van der Waals surface area (Å²) < 4.78 is 23.8. The first-order chi connectivity index (χ1) is 9.38. The van der Waals surface area contributed by atoms with Crippen LogP contribution in [-0.2, 0) is 14.8 Å². The lowest BCUT2D eigenvalue weighted by Gasteiger charge is -2.33. The SMILES string of the molecule is CN(CC(=O)N1CCC[C@H](c2cn[nH]c2)C1)S(C)(=O)=O. The van der Waals surface area contributed by atoms with Gasteiger partial charge in [0.25, 0.3) is 0 Å². The van der Waals surface area contributed by atoms with E-state index in [1.807, 2.05) is 6.20 Å². The molecule has 2 heterocycles. The first-order valence-electron chi connectivity index (χ1n) is 6.55. The Morgan fingerprint density at radius 1 is 1.60 bits per heavy atom. The van der Waals surface area contributed by atoms with Gasteiger partial charge in [0.1, 0.15) is 0 Å². The minimum Gasteiger partial charge on any atom is -0.341 e. The fourth-order valence-electron chi connectivity index (χ4n) is 2.37. The Kier molecular flexibility index (Phi) is 4.44. The van der Waals surface area contributed by atoms with Crippen molar-refractivity contribution in [3.63, 3.8) is 0 Å². The fourth-order valence-corrected chi connectivity index (χ4v) is 2.71. The highest BCUT2D eigenvalue weighted by molar-refractivity contribution is 7.88. The highest BCUT2D eigenvalue weighted by atomic mass is 32.2. The van der Waals surface area contributed by atoms with Gasteiger partial charge in [-0.2, -0.15) is 9.40 Å². The fraction of sp³-hybridized carbons (Fsp3) is 0.667. The van der Waals surface area contributed by atoms with Crippen molar-refractivity contribution in [2.45, 2.75) is 18.8 Å². The molecule has 1 aromatic heterocycles. The number of piperidine rings is 1. The van der Waals surface area contributed by atoms with Gasteiger partial charge in [0.05, 0.1) is 19.0 Å². The molecule has 7 nitrogen and oxygen atoms in total. The molecule has 0 radical (unpaired) electrons. The highest BCUT2D eigenvalue weighted by Gasteiger charge is 2.27. The minimum atomic E-state index is -3.32. The molecule has 112 valence electrons. The lowest BCUT2D eigenvalue weighted by atomic mass is 9.93. The van der Waals surface area contributed by atoms with E-state index in [4.69, 9.17) is 0 Å². The molecule has 1 saturated heterocycles. The summed E-state index contributed by atoms with van der Waals surface area (Å²) in [5, 5.41) is 6.71. The first-order valence-corrected chi connectivity index (χ1v) is 8.40. The summed E-state index contributed by atoms with van der Waals surface area (Å²) in [6.45, 7) is 1.21. The number of hydrogen-bond acceptors (Lipinski definition) is 4. The number of hydrogen-bond donors (Lipinski definition) is 1. The van der Waals surface area contributed by atoms with Gasteiger partial charge in [-0.1, -0.05) is 0 Å². The van der Waals surface area contributed by atoms with E-state index in [-0.39, 0.29) is 18.4 Å². The maximum atomic E-state index is 12.2. The van der Waals surface area contributed by atoms with E-state index in [9.17, 15) is 13.2 Å². The lowest BCUT2D eigenvalue weighted by Crippen LogP contribution is -2.44. The van der Waals surface area contributed by atoms with Crippen LogP contribution in [0, 0.1) is 0 Å². The van der Waals surface area contributed by atoms with Gasteiger partial charge in [-0.15, -0.1) is 0 Å². The van der Waals surface area contributed by atoms with Crippen LogP contribution in [0.4, 0.5) is 0 Å². The van der Waals surface area contributed by atoms with Crippen LogP contribution in [0.1, 0.15) is 24.3 Å². The molecular weight excluding hydrogens is 280 g/mol. The van der Waals surface area contributed by atoms with E-state index in [1.54, 1.807) is 11.1 Å². The standard InChI is InChI=1S/C12H20N4O3S/c1-15(20(2,18)19)9-12(17)16-5-3-4-10(8-16)11-6-13-14-7-11/h6-7,10H,3-5,8-9H2,1-2H3,(H,13,14)/t10-/m0/s1. The van der Waals surface area contributed by atoms with E-state index in [2.05, 4.69) is 10.2 Å². The number of H-pyrrole nitrogens is 1. The third-order valence-corrected chi connectivity index (χ3v) is 4.95. The number of rotatable bonds is 4. The maximum Gasteiger partial charge on any atom is 0.237 e. The van der Waals surface area contributed by atoms with Crippen LogP contribution >= 0.6 is 0 Å². The van der Waals surface area contributed by atoms with Gasteiger partial charge >= 0.3 is 0 Å². The Balaban J connectivity index is 1.97. The molecule has 0 aliphatic carbocycles. The number of likely N-dealkylation sites (tertiary alicyclic amines) is 1. The number of aromatic nitrogens is 2.